The van der Waals surface area contributed by atoms with Crippen LogP contribution in [0.4, 0.5) is 10.2 Å². The number of aryl methyl sites for hydroxylation is 1. The van der Waals surface area contributed by atoms with E-state index in [2.05, 4.69) is 17.2 Å². The lowest BCUT2D eigenvalue weighted by Gasteiger charge is -2.07. The van der Waals surface area contributed by atoms with Gasteiger partial charge in [-0.1, -0.05) is 13.0 Å². The molecule has 0 saturated heterocycles. The fourth-order valence-corrected chi connectivity index (χ4v) is 1.67. The van der Waals surface area contributed by atoms with Gasteiger partial charge in [0.05, 0.1) is 5.52 Å². The topological polar surface area (TPSA) is 24.9 Å². The first-order valence-electron chi connectivity index (χ1n) is 5.52. The smallest absolute Gasteiger partial charge is 0.132 e. The highest BCUT2D eigenvalue weighted by Gasteiger charge is 2.05. The zero-order valence-corrected chi connectivity index (χ0v) is 9.55. The molecule has 16 heavy (non-hydrogen) atoms. The minimum absolute atomic E-state index is 0.213. The van der Waals surface area contributed by atoms with Crippen molar-refractivity contribution in [3.8, 4) is 0 Å². The van der Waals surface area contributed by atoms with E-state index in [-0.39, 0.29) is 5.82 Å². The fourth-order valence-electron chi connectivity index (χ4n) is 1.67. The summed E-state index contributed by atoms with van der Waals surface area (Å²) in [6.07, 6.45) is 1.04. The molecule has 0 bridgehead atoms. The van der Waals surface area contributed by atoms with Crippen LogP contribution in [0.5, 0.6) is 0 Å². The van der Waals surface area contributed by atoms with Gasteiger partial charge in [0.25, 0.3) is 0 Å². The molecule has 0 amide bonds. The summed E-state index contributed by atoms with van der Waals surface area (Å²) in [5.74, 6) is 0.596. The van der Waals surface area contributed by atoms with E-state index in [1.165, 1.54) is 6.07 Å². The standard InChI is InChI=1S/C13H15FN2/c1-3-8-15-12-7-5-10-11(14)6-4-9(2)13(10)16-12/h4-7H,3,8H2,1-2H3,(H,15,16). The van der Waals surface area contributed by atoms with E-state index in [0.717, 1.165) is 29.9 Å². The minimum Gasteiger partial charge on any atom is -0.370 e. The van der Waals surface area contributed by atoms with Crippen molar-refractivity contribution in [2.75, 3.05) is 11.9 Å². The summed E-state index contributed by atoms with van der Waals surface area (Å²) in [5.41, 5.74) is 1.73. The summed E-state index contributed by atoms with van der Waals surface area (Å²) in [4.78, 5) is 4.42. The third-order valence-electron chi connectivity index (χ3n) is 2.56. The van der Waals surface area contributed by atoms with Crippen LogP contribution in [0.1, 0.15) is 18.9 Å². The zero-order chi connectivity index (χ0) is 11.5. The van der Waals surface area contributed by atoms with Crippen LogP contribution in [0.3, 0.4) is 0 Å². The van der Waals surface area contributed by atoms with E-state index in [4.69, 9.17) is 0 Å². The quantitative estimate of drug-likeness (QED) is 0.852. The highest BCUT2D eigenvalue weighted by Crippen LogP contribution is 2.21. The van der Waals surface area contributed by atoms with Crippen LogP contribution in [-0.2, 0) is 0 Å². The lowest BCUT2D eigenvalue weighted by atomic mass is 10.1. The van der Waals surface area contributed by atoms with E-state index < -0.39 is 0 Å². The largest absolute Gasteiger partial charge is 0.370 e. The first-order valence-corrected chi connectivity index (χ1v) is 5.52. The predicted octanol–water partition coefficient (Wildman–Crippen LogP) is 3.50. The molecule has 2 rings (SSSR count). The van der Waals surface area contributed by atoms with Crippen LogP contribution in [0.25, 0.3) is 10.9 Å². The number of hydrogen-bond acceptors (Lipinski definition) is 2. The lowest BCUT2D eigenvalue weighted by molar-refractivity contribution is 0.639. The number of hydrogen-bond donors (Lipinski definition) is 1. The molecule has 0 unspecified atom stereocenters. The molecule has 0 atom stereocenters. The van der Waals surface area contributed by atoms with Crippen LogP contribution in [0.2, 0.25) is 0 Å². The van der Waals surface area contributed by atoms with Gasteiger partial charge >= 0.3 is 0 Å². The van der Waals surface area contributed by atoms with Crippen molar-refractivity contribution in [2.45, 2.75) is 20.3 Å². The number of fused-ring (bicyclic) bond motifs is 1. The molecule has 1 aromatic carbocycles. The maximum absolute atomic E-state index is 13.5. The van der Waals surface area contributed by atoms with E-state index in [1.54, 1.807) is 12.1 Å². The van der Waals surface area contributed by atoms with E-state index in [1.807, 2.05) is 13.0 Å². The van der Waals surface area contributed by atoms with Crippen molar-refractivity contribution in [3.63, 3.8) is 0 Å². The van der Waals surface area contributed by atoms with Crippen molar-refractivity contribution in [1.29, 1.82) is 0 Å². The summed E-state index contributed by atoms with van der Waals surface area (Å²) in [6.45, 7) is 4.92. The molecule has 0 spiro atoms. The molecule has 0 aliphatic rings. The first-order chi connectivity index (χ1) is 7.72. The van der Waals surface area contributed by atoms with Gasteiger partial charge in [0.15, 0.2) is 0 Å². The number of nitrogens with zero attached hydrogens (tertiary/aromatic N) is 1. The molecule has 3 heteroatoms. The summed E-state index contributed by atoms with van der Waals surface area (Å²) in [7, 11) is 0. The van der Waals surface area contributed by atoms with Crippen molar-refractivity contribution < 1.29 is 4.39 Å². The van der Waals surface area contributed by atoms with Crippen LogP contribution < -0.4 is 5.32 Å². The van der Waals surface area contributed by atoms with Crippen molar-refractivity contribution in [3.05, 3.63) is 35.6 Å². The Hall–Kier alpha value is -1.64. The molecule has 2 nitrogen and oxygen atoms in total. The normalized spacial score (nSPS) is 10.7. The Morgan fingerprint density at radius 2 is 2.06 bits per heavy atom. The van der Waals surface area contributed by atoms with Gasteiger partial charge in [-0.3, -0.25) is 0 Å². The summed E-state index contributed by atoms with van der Waals surface area (Å²) in [6, 6.07) is 6.84. The average molecular weight is 218 g/mol. The third kappa shape index (κ3) is 1.98. The minimum atomic E-state index is -0.213. The highest BCUT2D eigenvalue weighted by atomic mass is 19.1. The molecule has 0 saturated carbocycles. The Morgan fingerprint density at radius 1 is 1.25 bits per heavy atom. The van der Waals surface area contributed by atoms with Crippen molar-refractivity contribution >= 4 is 16.7 Å². The van der Waals surface area contributed by atoms with Gasteiger partial charge in [0.1, 0.15) is 11.6 Å². The second-order valence-corrected chi connectivity index (χ2v) is 3.88. The summed E-state index contributed by atoms with van der Waals surface area (Å²) in [5, 5.41) is 3.78. The van der Waals surface area contributed by atoms with E-state index in [9.17, 15) is 4.39 Å². The second kappa shape index (κ2) is 4.47. The Bertz CT molecular complexity index is 509. The van der Waals surface area contributed by atoms with Gasteiger partial charge < -0.3 is 5.32 Å². The number of rotatable bonds is 3. The number of halogens is 1. The Labute approximate surface area is 94.5 Å². The number of benzene rings is 1. The average Bonchev–Trinajstić information content (AvgIpc) is 2.31. The third-order valence-corrected chi connectivity index (χ3v) is 2.56. The monoisotopic (exact) mass is 218 g/mol. The van der Waals surface area contributed by atoms with Crippen molar-refractivity contribution in [2.24, 2.45) is 0 Å². The highest BCUT2D eigenvalue weighted by molar-refractivity contribution is 5.83. The van der Waals surface area contributed by atoms with Gasteiger partial charge in [-0.05, 0) is 37.1 Å². The Morgan fingerprint density at radius 3 is 2.81 bits per heavy atom. The van der Waals surface area contributed by atoms with Gasteiger partial charge in [-0.15, -0.1) is 0 Å². The molecule has 84 valence electrons. The lowest BCUT2D eigenvalue weighted by Crippen LogP contribution is -2.02. The molecule has 0 fully saturated rings. The molecule has 1 N–H and O–H groups in total. The molecule has 0 aliphatic carbocycles. The van der Waals surface area contributed by atoms with E-state index >= 15 is 0 Å². The Kier molecular flexibility index (Phi) is 3.04. The van der Waals surface area contributed by atoms with Gasteiger partial charge in [0, 0.05) is 11.9 Å². The molecular weight excluding hydrogens is 203 g/mol. The summed E-state index contributed by atoms with van der Waals surface area (Å²) >= 11 is 0. The number of aromatic nitrogens is 1. The molecule has 0 radical (unpaired) electrons. The van der Waals surface area contributed by atoms with Crippen LogP contribution in [0.15, 0.2) is 24.3 Å². The molecular formula is C13H15FN2. The van der Waals surface area contributed by atoms with Crippen LogP contribution >= 0.6 is 0 Å². The number of nitrogens with one attached hydrogen (secondary N) is 1. The van der Waals surface area contributed by atoms with Gasteiger partial charge in [-0.2, -0.15) is 0 Å². The SMILES string of the molecule is CCCNc1ccc2c(F)ccc(C)c2n1. The number of anilines is 1. The molecule has 1 heterocycles. The maximum Gasteiger partial charge on any atom is 0.132 e. The molecule has 0 aliphatic heterocycles. The number of pyridine rings is 1. The summed E-state index contributed by atoms with van der Waals surface area (Å²) < 4.78 is 13.5. The van der Waals surface area contributed by atoms with Crippen molar-refractivity contribution in [1.82, 2.24) is 4.98 Å². The zero-order valence-electron chi connectivity index (χ0n) is 9.55. The second-order valence-electron chi connectivity index (χ2n) is 3.88. The Balaban J connectivity index is 2.48. The van der Waals surface area contributed by atoms with E-state index in [0.29, 0.717) is 5.39 Å². The van der Waals surface area contributed by atoms with Crippen LogP contribution in [-0.4, -0.2) is 11.5 Å². The van der Waals surface area contributed by atoms with Gasteiger partial charge in [-0.25, -0.2) is 9.37 Å². The fraction of sp³-hybridized carbons (Fsp3) is 0.308. The van der Waals surface area contributed by atoms with Crippen LogP contribution in [0, 0.1) is 12.7 Å². The maximum atomic E-state index is 13.5. The predicted molar refractivity (Wildman–Crippen MR) is 65.2 cm³/mol. The first kappa shape index (κ1) is 10.9. The van der Waals surface area contributed by atoms with Gasteiger partial charge in [0.2, 0.25) is 0 Å². The molecule has 2 aromatic rings. The molecule has 1 aromatic heterocycles.